The van der Waals surface area contributed by atoms with Gasteiger partial charge in [-0.05, 0) is 32.7 Å². The fraction of sp³-hybridized carbons (Fsp3) is 0.923. The van der Waals surface area contributed by atoms with Crippen molar-refractivity contribution in [2.24, 2.45) is 0 Å². The summed E-state index contributed by atoms with van der Waals surface area (Å²) in [5.74, 6) is 0.188. The van der Waals surface area contributed by atoms with Crippen LogP contribution < -0.4 is 5.32 Å². The van der Waals surface area contributed by atoms with Crippen LogP contribution in [-0.4, -0.2) is 63.4 Å². The number of hydrogen-bond donors (Lipinski definition) is 1. The van der Waals surface area contributed by atoms with Gasteiger partial charge in [-0.1, -0.05) is 0 Å². The Kier molecular flexibility index (Phi) is 6.60. The van der Waals surface area contributed by atoms with Crippen molar-refractivity contribution in [3.05, 3.63) is 0 Å². The number of ether oxygens (including phenoxy) is 2. The van der Waals surface area contributed by atoms with Gasteiger partial charge >= 0.3 is 0 Å². The normalized spacial score (nSPS) is 23.3. The van der Waals surface area contributed by atoms with Crippen molar-refractivity contribution < 1.29 is 14.3 Å². The Hall–Kier alpha value is -0.650. The first-order valence-corrected chi connectivity index (χ1v) is 6.66. The Morgan fingerprint density at radius 3 is 2.56 bits per heavy atom. The highest BCUT2D eigenvalue weighted by Crippen LogP contribution is 2.21. The Balaban J connectivity index is 2.53. The van der Waals surface area contributed by atoms with Crippen LogP contribution in [0.15, 0.2) is 0 Å². The summed E-state index contributed by atoms with van der Waals surface area (Å²) in [5, 5.41) is 3.32. The first-order valence-electron chi connectivity index (χ1n) is 6.66. The molecule has 1 aliphatic rings. The van der Waals surface area contributed by atoms with Crippen LogP contribution in [0.5, 0.6) is 0 Å². The van der Waals surface area contributed by atoms with E-state index in [-0.39, 0.29) is 11.4 Å². The molecule has 0 bridgehead atoms. The van der Waals surface area contributed by atoms with E-state index in [1.807, 2.05) is 11.8 Å². The van der Waals surface area contributed by atoms with E-state index in [1.54, 1.807) is 14.2 Å². The van der Waals surface area contributed by atoms with Crippen LogP contribution in [0.4, 0.5) is 0 Å². The third kappa shape index (κ3) is 4.23. The molecule has 1 aliphatic heterocycles. The zero-order valence-electron chi connectivity index (χ0n) is 11.8. The molecule has 0 saturated carbocycles. The number of methoxy groups -OCH3 is 2. The number of hydrogen-bond acceptors (Lipinski definition) is 4. The van der Waals surface area contributed by atoms with Gasteiger partial charge in [0, 0.05) is 33.9 Å². The summed E-state index contributed by atoms with van der Waals surface area (Å²) >= 11 is 0. The number of nitrogens with zero attached hydrogens (tertiary/aromatic N) is 1. The van der Waals surface area contributed by atoms with Gasteiger partial charge in [0.1, 0.15) is 0 Å². The summed E-state index contributed by atoms with van der Waals surface area (Å²) < 4.78 is 10.1. The molecule has 5 heteroatoms. The predicted molar refractivity (Wildman–Crippen MR) is 70.6 cm³/mol. The van der Waals surface area contributed by atoms with Gasteiger partial charge < -0.3 is 19.7 Å². The summed E-state index contributed by atoms with van der Waals surface area (Å²) in [4.78, 5) is 14.4. The Labute approximate surface area is 110 Å². The molecule has 5 nitrogen and oxygen atoms in total. The van der Waals surface area contributed by atoms with Crippen LogP contribution in [0.25, 0.3) is 0 Å². The van der Waals surface area contributed by atoms with E-state index in [4.69, 9.17) is 9.47 Å². The molecule has 0 aromatic carbocycles. The molecule has 1 saturated heterocycles. The van der Waals surface area contributed by atoms with Gasteiger partial charge in [0.05, 0.1) is 12.1 Å². The van der Waals surface area contributed by atoms with Crippen molar-refractivity contribution in [1.82, 2.24) is 10.2 Å². The minimum atomic E-state index is -0.388. The SMILES string of the molecule is COCCCN(CCOC)C(=O)C1(C)CCCN1. The summed E-state index contributed by atoms with van der Waals surface area (Å²) in [7, 11) is 3.34. The Morgan fingerprint density at radius 2 is 2.00 bits per heavy atom. The van der Waals surface area contributed by atoms with Crippen LogP contribution in [0, 0.1) is 0 Å². The predicted octanol–water partition coefficient (Wildman–Crippen LogP) is 0.640. The standard InChI is InChI=1S/C13H26N2O3/c1-13(6-4-7-14-13)12(16)15(9-11-18-3)8-5-10-17-2/h14H,4-11H2,1-3H3. The van der Waals surface area contributed by atoms with E-state index in [2.05, 4.69) is 5.32 Å². The molecule has 0 radical (unpaired) electrons. The van der Waals surface area contributed by atoms with Crippen molar-refractivity contribution >= 4 is 5.91 Å². The molecule has 0 aromatic rings. The molecule has 1 atom stereocenters. The van der Waals surface area contributed by atoms with E-state index in [0.29, 0.717) is 19.8 Å². The van der Waals surface area contributed by atoms with Crippen molar-refractivity contribution in [2.75, 3.05) is 47.1 Å². The molecule has 1 fully saturated rings. The molecule has 1 N–H and O–H groups in total. The lowest BCUT2D eigenvalue weighted by atomic mass is 9.98. The van der Waals surface area contributed by atoms with Gasteiger partial charge in [-0.25, -0.2) is 0 Å². The quantitative estimate of drug-likeness (QED) is 0.649. The first kappa shape index (κ1) is 15.4. The van der Waals surface area contributed by atoms with Crippen LogP contribution in [-0.2, 0) is 14.3 Å². The van der Waals surface area contributed by atoms with Crippen LogP contribution >= 0.6 is 0 Å². The fourth-order valence-corrected chi connectivity index (χ4v) is 2.34. The van der Waals surface area contributed by atoms with E-state index in [9.17, 15) is 4.79 Å². The average Bonchev–Trinajstić information content (AvgIpc) is 2.81. The first-order chi connectivity index (χ1) is 8.64. The number of rotatable bonds is 8. The van der Waals surface area contributed by atoms with Crippen LogP contribution in [0.3, 0.4) is 0 Å². The molecule has 1 unspecified atom stereocenters. The monoisotopic (exact) mass is 258 g/mol. The molecule has 1 rings (SSSR count). The molecule has 106 valence electrons. The second kappa shape index (κ2) is 7.71. The molecule has 0 spiro atoms. The largest absolute Gasteiger partial charge is 0.385 e. The van der Waals surface area contributed by atoms with Crippen molar-refractivity contribution in [3.63, 3.8) is 0 Å². The number of amides is 1. The zero-order chi connectivity index (χ0) is 13.4. The average molecular weight is 258 g/mol. The van der Waals surface area contributed by atoms with Gasteiger partial charge in [-0.3, -0.25) is 4.79 Å². The second-order valence-electron chi connectivity index (χ2n) is 4.99. The molecule has 1 heterocycles. The third-order valence-electron chi connectivity index (χ3n) is 3.47. The molecule has 0 aliphatic carbocycles. The molecule has 1 amide bonds. The minimum Gasteiger partial charge on any atom is -0.385 e. The summed E-state index contributed by atoms with van der Waals surface area (Å²) in [6.45, 7) is 5.57. The lowest BCUT2D eigenvalue weighted by Crippen LogP contribution is -2.53. The highest BCUT2D eigenvalue weighted by Gasteiger charge is 2.38. The fourth-order valence-electron chi connectivity index (χ4n) is 2.34. The molecule has 0 aromatic heterocycles. The van der Waals surface area contributed by atoms with Gasteiger partial charge in [0.25, 0.3) is 0 Å². The van der Waals surface area contributed by atoms with Gasteiger partial charge in [-0.2, -0.15) is 0 Å². The van der Waals surface area contributed by atoms with E-state index >= 15 is 0 Å². The lowest BCUT2D eigenvalue weighted by molar-refractivity contribution is -0.138. The maximum Gasteiger partial charge on any atom is 0.242 e. The Morgan fingerprint density at radius 1 is 1.28 bits per heavy atom. The van der Waals surface area contributed by atoms with Crippen molar-refractivity contribution in [2.45, 2.75) is 31.7 Å². The van der Waals surface area contributed by atoms with Crippen LogP contribution in [0.1, 0.15) is 26.2 Å². The number of carbonyl (C=O) groups excluding carboxylic acids is 1. The smallest absolute Gasteiger partial charge is 0.242 e. The third-order valence-corrected chi connectivity index (χ3v) is 3.47. The number of carbonyl (C=O) groups is 1. The van der Waals surface area contributed by atoms with Crippen molar-refractivity contribution in [1.29, 1.82) is 0 Å². The minimum absolute atomic E-state index is 0.188. The van der Waals surface area contributed by atoms with E-state index in [1.165, 1.54) is 0 Å². The highest BCUT2D eigenvalue weighted by atomic mass is 16.5. The molecular weight excluding hydrogens is 232 g/mol. The molecular formula is C13H26N2O3. The van der Waals surface area contributed by atoms with E-state index < -0.39 is 0 Å². The number of nitrogens with one attached hydrogen (secondary N) is 1. The summed E-state index contributed by atoms with van der Waals surface area (Å²) in [5.41, 5.74) is -0.388. The summed E-state index contributed by atoms with van der Waals surface area (Å²) in [6, 6.07) is 0. The highest BCUT2D eigenvalue weighted by molar-refractivity contribution is 5.86. The lowest BCUT2D eigenvalue weighted by Gasteiger charge is -2.32. The van der Waals surface area contributed by atoms with E-state index in [0.717, 1.165) is 32.4 Å². The summed E-state index contributed by atoms with van der Waals surface area (Å²) in [6.07, 6.45) is 2.85. The second-order valence-corrected chi connectivity index (χ2v) is 4.99. The Bertz CT molecular complexity index is 253. The van der Waals surface area contributed by atoms with Crippen LogP contribution in [0.2, 0.25) is 0 Å². The topological polar surface area (TPSA) is 50.8 Å². The maximum atomic E-state index is 12.5. The maximum absolute atomic E-state index is 12.5. The molecule has 18 heavy (non-hydrogen) atoms. The van der Waals surface area contributed by atoms with Crippen molar-refractivity contribution in [3.8, 4) is 0 Å². The van der Waals surface area contributed by atoms with Gasteiger partial charge in [0.15, 0.2) is 0 Å². The van der Waals surface area contributed by atoms with Gasteiger partial charge in [-0.15, -0.1) is 0 Å². The zero-order valence-corrected chi connectivity index (χ0v) is 11.8. The van der Waals surface area contributed by atoms with Gasteiger partial charge in [0.2, 0.25) is 5.91 Å².